The number of hydrogen-bond acceptors (Lipinski definition) is 1. The summed E-state index contributed by atoms with van der Waals surface area (Å²) < 4.78 is 0. The number of rotatable bonds is 7. The standard InChI is InChI=1S/C34H31N/c1-27-18-22-32(23-19-27)35(31-16-10-5-11-17-31)33-24-20-28(21-25-33)26-34(2,29-12-6-3-7-13-29)30-14-8-4-9-15-30/h3-25H,26H2,1-2H3. The Bertz CT molecular complexity index is 1300. The van der Waals surface area contributed by atoms with E-state index in [1.54, 1.807) is 0 Å². The molecule has 0 aliphatic carbocycles. The second kappa shape index (κ2) is 10.0. The van der Waals surface area contributed by atoms with E-state index in [0.29, 0.717) is 0 Å². The van der Waals surface area contributed by atoms with Crippen molar-refractivity contribution in [3.8, 4) is 0 Å². The molecule has 172 valence electrons. The summed E-state index contributed by atoms with van der Waals surface area (Å²) in [6.45, 7) is 4.48. The minimum atomic E-state index is -0.111. The summed E-state index contributed by atoms with van der Waals surface area (Å²) in [5.41, 5.74) is 8.61. The first-order valence-corrected chi connectivity index (χ1v) is 12.3. The van der Waals surface area contributed by atoms with Crippen LogP contribution in [0.1, 0.15) is 29.2 Å². The molecule has 0 aromatic heterocycles. The molecule has 0 heterocycles. The maximum absolute atomic E-state index is 2.36. The van der Waals surface area contributed by atoms with Crippen LogP contribution >= 0.6 is 0 Å². The fraction of sp³-hybridized carbons (Fsp3) is 0.118. The predicted molar refractivity (Wildman–Crippen MR) is 149 cm³/mol. The van der Waals surface area contributed by atoms with Gasteiger partial charge in [-0.15, -0.1) is 0 Å². The zero-order valence-corrected chi connectivity index (χ0v) is 20.4. The zero-order valence-electron chi connectivity index (χ0n) is 20.4. The quantitative estimate of drug-likeness (QED) is 0.238. The molecule has 0 saturated heterocycles. The van der Waals surface area contributed by atoms with Gasteiger partial charge >= 0.3 is 0 Å². The van der Waals surface area contributed by atoms with Gasteiger partial charge in [-0.2, -0.15) is 0 Å². The highest BCUT2D eigenvalue weighted by Gasteiger charge is 2.29. The molecular formula is C34H31N. The summed E-state index contributed by atoms with van der Waals surface area (Å²) in [6, 6.07) is 50.1. The molecule has 0 atom stereocenters. The summed E-state index contributed by atoms with van der Waals surface area (Å²) >= 11 is 0. The lowest BCUT2D eigenvalue weighted by molar-refractivity contribution is 0.567. The van der Waals surface area contributed by atoms with Crippen LogP contribution < -0.4 is 4.90 Å². The second-order valence-corrected chi connectivity index (χ2v) is 9.41. The van der Waals surface area contributed by atoms with E-state index in [-0.39, 0.29) is 5.41 Å². The van der Waals surface area contributed by atoms with Crippen LogP contribution in [0.4, 0.5) is 17.1 Å². The Balaban J connectivity index is 1.50. The van der Waals surface area contributed by atoms with E-state index in [0.717, 1.165) is 23.5 Å². The Morgan fingerprint density at radius 3 is 1.37 bits per heavy atom. The van der Waals surface area contributed by atoms with Gasteiger partial charge in [0, 0.05) is 22.5 Å². The van der Waals surface area contributed by atoms with Gasteiger partial charge in [-0.3, -0.25) is 0 Å². The summed E-state index contributed by atoms with van der Waals surface area (Å²) in [5.74, 6) is 0. The third-order valence-corrected chi connectivity index (χ3v) is 6.88. The van der Waals surface area contributed by atoms with E-state index in [1.807, 2.05) is 0 Å². The minimum Gasteiger partial charge on any atom is -0.311 e. The molecule has 1 heteroatoms. The first-order chi connectivity index (χ1) is 17.1. The number of benzene rings is 5. The topological polar surface area (TPSA) is 3.24 Å². The zero-order chi connectivity index (χ0) is 24.1. The van der Waals surface area contributed by atoms with Crippen molar-refractivity contribution in [1.29, 1.82) is 0 Å². The first-order valence-electron chi connectivity index (χ1n) is 12.3. The molecular weight excluding hydrogens is 422 g/mol. The van der Waals surface area contributed by atoms with E-state index < -0.39 is 0 Å². The van der Waals surface area contributed by atoms with Crippen LogP contribution in [0.2, 0.25) is 0 Å². The van der Waals surface area contributed by atoms with Crippen molar-refractivity contribution in [2.24, 2.45) is 0 Å². The van der Waals surface area contributed by atoms with E-state index in [9.17, 15) is 0 Å². The molecule has 5 aromatic carbocycles. The molecule has 35 heavy (non-hydrogen) atoms. The Morgan fingerprint density at radius 1 is 0.486 bits per heavy atom. The van der Waals surface area contributed by atoms with Gasteiger partial charge in [0.15, 0.2) is 0 Å². The SMILES string of the molecule is Cc1ccc(N(c2ccccc2)c2ccc(CC(C)(c3ccccc3)c3ccccc3)cc2)cc1. The minimum absolute atomic E-state index is 0.111. The highest BCUT2D eigenvalue weighted by Crippen LogP contribution is 2.38. The van der Waals surface area contributed by atoms with E-state index in [1.165, 1.54) is 22.3 Å². The van der Waals surface area contributed by atoms with Crippen molar-refractivity contribution >= 4 is 17.1 Å². The Morgan fingerprint density at radius 2 is 0.886 bits per heavy atom. The van der Waals surface area contributed by atoms with Crippen molar-refractivity contribution in [1.82, 2.24) is 0 Å². The first kappa shape index (κ1) is 22.7. The van der Waals surface area contributed by atoms with E-state index >= 15 is 0 Å². The second-order valence-electron chi connectivity index (χ2n) is 9.41. The number of hydrogen-bond donors (Lipinski definition) is 0. The molecule has 0 unspecified atom stereocenters. The molecule has 0 amide bonds. The van der Waals surface area contributed by atoms with Crippen molar-refractivity contribution in [3.63, 3.8) is 0 Å². The monoisotopic (exact) mass is 453 g/mol. The normalized spacial score (nSPS) is 11.3. The van der Waals surface area contributed by atoms with Gasteiger partial charge in [-0.05, 0) is 66.4 Å². The van der Waals surface area contributed by atoms with Gasteiger partial charge in [0.2, 0.25) is 0 Å². The Labute approximate surface area is 209 Å². The molecule has 5 aromatic rings. The van der Waals surface area contributed by atoms with Crippen LogP contribution in [0.3, 0.4) is 0 Å². The third-order valence-electron chi connectivity index (χ3n) is 6.88. The summed E-state index contributed by atoms with van der Waals surface area (Å²) in [6.07, 6.45) is 0.928. The van der Waals surface area contributed by atoms with E-state index in [4.69, 9.17) is 0 Å². The highest BCUT2D eigenvalue weighted by molar-refractivity contribution is 5.76. The molecule has 0 N–H and O–H groups in total. The van der Waals surface area contributed by atoms with E-state index in [2.05, 4.69) is 158 Å². The number of anilines is 3. The fourth-order valence-corrected chi connectivity index (χ4v) is 4.87. The molecule has 0 fully saturated rings. The maximum atomic E-state index is 2.36. The van der Waals surface area contributed by atoms with Crippen LogP contribution in [0.25, 0.3) is 0 Å². The molecule has 0 bridgehead atoms. The van der Waals surface area contributed by atoms with Crippen LogP contribution in [0, 0.1) is 6.92 Å². The molecule has 5 rings (SSSR count). The molecule has 0 aliphatic heterocycles. The smallest absolute Gasteiger partial charge is 0.0461 e. The lowest BCUT2D eigenvalue weighted by atomic mass is 9.72. The average Bonchev–Trinajstić information content (AvgIpc) is 2.92. The number of aryl methyl sites for hydroxylation is 1. The highest BCUT2D eigenvalue weighted by atomic mass is 15.1. The summed E-state index contributed by atoms with van der Waals surface area (Å²) in [5, 5.41) is 0. The number of para-hydroxylation sites is 1. The van der Waals surface area contributed by atoms with Gasteiger partial charge in [0.05, 0.1) is 0 Å². The largest absolute Gasteiger partial charge is 0.311 e. The van der Waals surface area contributed by atoms with Crippen molar-refractivity contribution in [2.75, 3.05) is 4.90 Å². The van der Waals surface area contributed by atoms with Gasteiger partial charge in [0.1, 0.15) is 0 Å². The average molecular weight is 454 g/mol. The molecule has 0 radical (unpaired) electrons. The third kappa shape index (κ3) is 4.90. The molecule has 0 aliphatic rings. The van der Waals surface area contributed by atoms with Crippen molar-refractivity contribution in [2.45, 2.75) is 25.7 Å². The van der Waals surface area contributed by atoms with Gasteiger partial charge < -0.3 is 4.90 Å². The van der Waals surface area contributed by atoms with Gasteiger partial charge in [-0.25, -0.2) is 0 Å². The maximum Gasteiger partial charge on any atom is 0.0461 e. The fourth-order valence-electron chi connectivity index (χ4n) is 4.87. The Hall–Kier alpha value is -4.10. The lowest BCUT2D eigenvalue weighted by Crippen LogP contribution is -2.26. The molecule has 0 spiro atoms. The van der Waals surface area contributed by atoms with Crippen LogP contribution in [0.15, 0.2) is 140 Å². The van der Waals surface area contributed by atoms with Crippen molar-refractivity contribution < 1.29 is 0 Å². The van der Waals surface area contributed by atoms with Crippen LogP contribution in [-0.4, -0.2) is 0 Å². The van der Waals surface area contributed by atoms with Crippen molar-refractivity contribution in [3.05, 3.63) is 162 Å². The summed E-state index contributed by atoms with van der Waals surface area (Å²) in [7, 11) is 0. The molecule has 0 saturated carbocycles. The van der Waals surface area contributed by atoms with Gasteiger partial charge in [0.25, 0.3) is 0 Å². The van der Waals surface area contributed by atoms with Crippen LogP contribution in [0.5, 0.6) is 0 Å². The predicted octanol–water partition coefficient (Wildman–Crippen LogP) is 9.01. The number of nitrogens with zero attached hydrogens (tertiary/aromatic N) is 1. The van der Waals surface area contributed by atoms with Crippen LogP contribution in [-0.2, 0) is 11.8 Å². The van der Waals surface area contributed by atoms with Gasteiger partial charge in [-0.1, -0.05) is 116 Å². The lowest BCUT2D eigenvalue weighted by Gasteiger charge is -2.32. The Kier molecular flexibility index (Phi) is 6.50. The summed E-state index contributed by atoms with van der Waals surface area (Å²) in [4.78, 5) is 2.32. The molecule has 1 nitrogen and oxygen atoms in total.